The van der Waals surface area contributed by atoms with Gasteiger partial charge in [0, 0.05) is 43.2 Å². The normalized spacial score (nSPS) is 16.2. The topological polar surface area (TPSA) is 101 Å². The number of carbonyl (C=O) groups is 2. The lowest BCUT2D eigenvalue weighted by molar-refractivity contribution is -0.120. The van der Waals surface area contributed by atoms with Gasteiger partial charge in [-0.25, -0.2) is 14.8 Å². The standard InChI is InChI=1S/C23H32N6O3/c1-8-17-21(30)28(7)18-13-25-19(27-20(18)29(17)14(2)3)16-9-10-24-11-15(16)12-26-22(31)32-23(4,5)6/h9-11,13-14,17H,8,12H2,1-7H3,(H,26,31)/t17-/m1/s1. The van der Waals surface area contributed by atoms with Crippen LogP contribution in [-0.4, -0.2) is 51.7 Å². The summed E-state index contributed by atoms with van der Waals surface area (Å²) in [7, 11) is 1.76. The maximum atomic E-state index is 12.9. The van der Waals surface area contributed by atoms with Crippen molar-refractivity contribution in [3.8, 4) is 11.4 Å². The molecule has 0 fully saturated rings. The van der Waals surface area contributed by atoms with Crippen LogP contribution < -0.4 is 15.1 Å². The van der Waals surface area contributed by atoms with Crippen LogP contribution in [0.2, 0.25) is 0 Å². The summed E-state index contributed by atoms with van der Waals surface area (Å²) in [6.07, 6.45) is 5.21. The Kier molecular flexibility index (Phi) is 6.66. The maximum Gasteiger partial charge on any atom is 0.407 e. The number of anilines is 2. The van der Waals surface area contributed by atoms with Gasteiger partial charge >= 0.3 is 6.09 Å². The number of nitrogens with one attached hydrogen (secondary N) is 1. The molecule has 9 nitrogen and oxygen atoms in total. The predicted molar refractivity (Wildman–Crippen MR) is 123 cm³/mol. The molecule has 32 heavy (non-hydrogen) atoms. The molecule has 1 atom stereocenters. The van der Waals surface area contributed by atoms with Gasteiger partial charge in [-0.2, -0.15) is 0 Å². The maximum absolute atomic E-state index is 12.9. The summed E-state index contributed by atoms with van der Waals surface area (Å²) in [6, 6.07) is 1.63. The van der Waals surface area contributed by atoms with E-state index in [9.17, 15) is 9.59 Å². The van der Waals surface area contributed by atoms with Gasteiger partial charge in [-0.3, -0.25) is 9.78 Å². The minimum absolute atomic E-state index is 0.0382. The number of fused-ring (bicyclic) bond motifs is 1. The van der Waals surface area contributed by atoms with Crippen molar-refractivity contribution in [2.45, 2.75) is 72.2 Å². The van der Waals surface area contributed by atoms with E-state index in [-0.39, 0.29) is 24.5 Å². The monoisotopic (exact) mass is 440 g/mol. The number of carbonyl (C=O) groups excluding carboxylic acids is 2. The molecule has 3 heterocycles. The van der Waals surface area contributed by atoms with Gasteiger partial charge in [0.2, 0.25) is 5.91 Å². The number of nitrogens with zero attached hydrogens (tertiary/aromatic N) is 5. The van der Waals surface area contributed by atoms with E-state index in [2.05, 4.69) is 34.0 Å². The third-order valence-corrected chi connectivity index (χ3v) is 5.22. The molecule has 1 N–H and O–H groups in total. The van der Waals surface area contributed by atoms with Crippen LogP contribution in [0, 0.1) is 0 Å². The second-order valence-corrected chi connectivity index (χ2v) is 9.11. The number of likely N-dealkylation sites (N-methyl/N-ethyl adjacent to an activating group) is 1. The van der Waals surface area contributed by atoms with E-state index in [0.29, 0.717) is 17.9 Å². The fourth-order valence-electron chi connectivity index (χ4n) is 3.78. The Morgan fingerprint density at radius 2 is 2.00 bits per heavy atom. The zero-order valence-electron chi connectivity index (χ0n) is 19.8. The lowest BCUT2D eigenvalue weighted by atomic mass is 10.0. The van der Waals surface area contributed by atoms with Gasteiger partial charge < -0.3 is 19.9 Å². The van der Waals surface area contributed by atoms with Crippen LogP contribution >= 0.6 is 0 Å². The molecular formula is C23H32N6O3. The fraction of sp³-hybridized carbons (Fsp3) is 0.522. The van der Waals surface area contributed by atoms with Gasteiger partial charge in [-0.05, 0) is 47.1 Å². The Morgan fingerprint density at radius 1 is 1.28 bits per heavy atom. The number of alkyl carbamates (subject to hydrolysis) is 1. The molecule has 3 rings (SSSR count). The highest BCUT2D eigenvalue weighted by molar-refractivity contribution is 6.04. The Bertz CT molecular complexity index is 1000. The Balaban J connectivity index is 1.96. The highest BCUT2D eigenvalue weighted by Crippen LogP contribution is 2.37. The van der Waals surface area contributed by atoms with Gasteiger partial charge in [0.1, 0.15) is 17.3 Å². The summed E-state index contributed by atoms with van der Waals surface area (Å²) < 4.78 is 5.32. The first-order chi connectivity index (χ1) is 15.0. The number of hydrogen-bond acceptors (Lipinski definition) is 7. The van der Waals surface area contributed by atoms with Crippen molar-refractivity contribution in [1.29, 1.82) is 0 Å². The van der Waals surface area contributed by atoms with Crippen molar-refractivity contribution in [3.63, 3.8) is 0 Å². The Morgan fingerprint density at radius 3 is 2.62 bits per heavy atom. The Labute approximate surface area is 189 Å². The lowest BCUT2D eigenvalue weighted by Gasteiger charge is -2.42. The van der Waals surface area contributed by atoms with Gasteiger partial charge in [0.15, 0.2) is 11.6 Å². The molecule has 0 unspecified atom stereocenters. The fourth-order valence-corrected chi connectivity index (χ4v) is 3.78. The van der Waals surface area contributed by atoms with Crippen molar-refractivity contribution in [2.75, 3.05) is 16.8 Å². The minimum atomic E-state index is -0.580. The summed E-state index contributed by atoms with van der Waals surface area (Å²) in [6.45, 7) is 11.8. The van der Waals surface area contributed by atoms with Gasteiger partial charge in [0.25, 0.3) is 0 Å². The van der Waals surface area contributed by atoms with Crippen LogP contribution in [0.1, 0.15) is 53.5 Å². The molecule has 0 bridgehead atoms. The highest BCUT2D eigenvalue weighted by Gasteiger charge is 2.38. The molecule has 0 aromatic carbocycles. The summed E-state index contributed by atoms with van der Waals surface area (Å²) >= 11 is 0. The van der Waals surface area contributed by atoms with Crippen molar-refractivity contribution in [2.24, 2.45) is 0 Å². The average Bonchev–Trinajstić information content (AvgIpc) is 2.73. The van der Waals surface area contributed by atoms with E-state index >= 15 is 0 Å². The molecule has 0 radical (unpaired) electrons. The Hall–Kier alpha value is -3.23. The van der Waals surface area contributed by atoms with Crippen LogP contribution in [0.5, 0.6) is 0 Å². The summed E-state index contributed by atoms with van der Waals surface area (Å²) in [5.74, 6) is 1.27. The number of hydrogen-bond donors (Lipinski definition) is 1. The molecule has 2 aromatic rings. The van der Waals surface area contributed by atoms with E-state index < -0.39 is 11.7 Å². The smallest absolute Gasteiger partial charge is 0.407 e. The first-order valence-corrected chi connectivity index (χ1v) is 10.9. The van der Waals surface area contributed by atoms with Crippen LogP contribution in [0.15, 0.2) is 24.7 Å². The van der Waals surface area contributed by atoms with Crippen molar-refractivity contribution >= 4 is 23.5 Å². The van der Waals surface area contributed by atoms with Crippen LogP contribution in [-0.2, 0) is 16.1 Å². The third kappa shape index (κ3) is 4.81. The molecule has 0 spiro atoms. The molecule has 1 aliphatic rings. The molecule has 172 valence electrons. The lowest BCUT2D eigenvalue weighted by Crippen LogP contribution is -2.54. The molecular weight excluding hydrogens is 408 g/mol. The summed E-state index contributed by atoms with van der Waals surface area (Å²) in [5, 5.41) is 2.76. The van der Waals surface area contributed by atoms with Gasteiger partial charge in [-0.1, -0.05) is 6.92 Å². The second kappa shape index (κ2) is 9.10. The van der Waals surface area contributed by atoms with E-state index in [4.69, 9.17) is 9.72 Å². The molecule has 1 aliphatic heterocycles. The van der Waals surface area contributed by atoms with Gasteiger partial charge in [0.05, 0.1) is 6.20 Å². The number of rotatable bonds is 5. The van der Waals surface area contributed by atoms with E-state index in [0.717, 1.165) is 16.9 Å². The predicted octanol–water partition coefficient (Wildman–Crippen LogP) is 3.53. The number of pyridine rings is 1. The zero-order chi connectivity index (χ0) is 23.6. The molecule has 2 aromatic heterocycles. The SMILES string of the molecule is CC[C@@H]1C(=O)N(C)c2cnc(-c3ccncc3CNC(=O)OC(C)(C)C)nc2N1C(C)C. The first kappa shape index (κ1) is 23.4. The molecule has 9 heteroatoms. The molecule has 0 saturated heterocycles. The second-order valence-electron chi connectivity index (χ2n) is 9.11. The largest absolute Gasteiger partial charge is 0.444 e. The zero-order valence-corrected chi connectivity index (χ0v) is 19.8. The highest BCUT2D eigenvalue weighted by atomic mass is 16.6. The van der Waals surface area contributed by atoms with E-state index in [1.807, 2.05) is 33.8 Å². The number of aromatic nitrogens is 3. The van der Waals surface area contributed by atoms with Gasteiger partial charge in [-0.15, -0.1) is 0 Å². The van der Waals surface area contributed by atoms with Crippen LogP contribution in [0.3, 0.4) is 0 Å². The van der Waals surface area contributed by atoms with Crippen LogP contribution in [0.4, 0.5) is 16.3 Å². The first-order valence-electron chi connectivity index (χ1n) is 10.9. The summed E-state index contributed by atoms with van der Waals surface area (Å²) in [5.41, 5.74) is 1.62. The molecule has 2 amide bonds. The van der Waals surface area contributed by atoms with Crippen molar-refractivity contribution in [1.82, 2.24) is 20.3 Å². The van der Waals surface area contributed by atoms with E-state index in [1.54, 1.807) is 30.5 Å². The molecule has 0 saturated carbocycles. The molecule has 0 aliphatic carbocycles. The quantitative estimate of drug-likeness (QED) is 0.759. The average molecular weight is 441 g/mol. The number of amides is 2. The van der Waals surface area contributed by atoms with Crippen molar-refractivity contribution < 1.29 is 14.3 Å². The number of ether oxygens (including phenoxy) is 1. The minimum Gasteiger partial charge on any atom is -0.444 e. The summed E-state index contributed by atoms with van der Waals surface area (Å²) in [4.78, 5) is 42.2. The van der Waals surface area contributed by atoms with Crippen LogP contribution in [0.25, 0.3) is 11.4 Å². The third-order valence-electron chi connectivity index (χ3n) is 5.22. The van der Waals surface area contributed by atoms with Crippen molar-refractivity contribution in [3.05, 3.63) is 30.2 Å². The van der Waals surface area contributed by atoms with E-state index in [1.165, 1.54) is 0 Å².